The molecule has 6 nitrogen and oxygen atoms in total. The Bertz CT molecular complexity index is 911. The predicted molar refractivity (Wildman–Crippen MR) is 96.5 cm³/mol. The number of hydrogen-bond acceptors (Lipinski definition) is 5. The second-order valence-electron chi connectivity index (χ2n) is 5.77. The molecule has 25 heavy (non-hydrogen) atoms. The van der Waals surface area contributed by atoms with Gasteiger partial charge in [0, 0.05) is 11.3 Å². The first-order valence-corrected chi connectivity index (χ1v) is 8.01. The molecule has 0 radical (unpaired) electrons. The fourth-order valence-corrected chi connectivity index (χ4v) is 3.06. The highest BCUT2D eigenvalue weighted by Crippen LogP contribution is 2.30. The van der Waals surface area contributed by atoms with Crippen molar-refractivity contribution in [1.29, 1.82) is 0 Å². The number of hydrogen-bond donors (Lipinski definition) is 2. The quantitative estimate of drug-likeness (QED) is 0.716. The van der Waals surface area contributed by atoms with Crippen molar-refractivity contribution in [3.63, 3.8) is 0 Å². The molecule has 0 fully saturated rings. The highest BCUT2D eigenvalue weighted by atomic mass is 16.5. The van der Waals surface area contributed by atoms with Crippen molar-refractivity contribution in [2.24, 2.45) is 11.5 Å². The number of ether oxygens (including phenoxy) is 1. The number of benzene rings is 2. The third-order valence-corrected chi connectivity index (χ3v) is 4.32. The van der Waals surface area contributed by atoms with Gasteiger partial charge < -0.3 is 16.2 Å². The van der Waals surface area contributed by atoms with E-state index in [-0.39, 0.29) is 5.92 Å². The van der Waals surface area contributed by atoms with Crippen molar-refractivity contribution in [2.75, 3.05) is 13.7 Å². The lowest BCUT2D eigenvalue weighted by Gasteiger charge is -2.18. The summed E-state index contributed by atoms with van der Waals surface area (Å²) in [6, 6.07) is 13.2. The largest absolute Gasteiger partial charge is 0.496 e. The number of primary amides is 1. The summed E-state index contributed by atoms with van der Waals surface area (Å²) in [5.41, 5.74) is 14.3. The first kappa shape index (κ1) is 16.9. The van der Waals surface area contributed by atoms with Crippen LogP contribution in [0.3, 0.4) is 0 Å². The number of carbonyl (C=O) groups excluding carboxylic acids is 1. The number of para-hydroxylation sites is 2. The lowest BCUT2D eigenvalue weighted by atomic mass is 9.92. The fourth-order valence-electron chi connectivity index (χ4n) is 3.06. The Kier molecular flexibility index (Phi) is 4.90. The second-order valence-corrected chi connectivity index (χ2v) is 5.77. The van der Waals surface area contributed by atoms with Crippen LogP contribution in [0.5, 0.6) is 5.75 Å². The number of fused-ring (bicyclic) bond motifs is 1. The van der Waals surface area contributed by atoms with Crippen LogP contribution in [0.1, 0.15) is 27.5 Å². The maximum absolute atomic E-state index is 11.6. The van der Waals surface area contributed by atoms with Crippen molar-refractivity contribution in [2.45, 2.75) is 12.3 Å². The summed E-state index contributed by atoms with van der Waals surface area (Å²) in [7, 11) is 1.64. The Balaban J connectivity index is 2.05. The zero-order valence-corrected chi connectivity index (χ0v) is 14.0. The monoisotopic (exact) mass is 336 g/mol. The molecule has 0 aliphatic rings. The highest BCUT2D eigenvalue weighted by molar-refractivity contribution is 6.05. The maximum atomic E-state index is 11.6. The van der Waals surface area contributed by atoms with Crippen LogP contribution in [0, 0.1) is 0 Å². The van der Waals surface area contributed by atoms with Crippen LogP contribution >= 0.6 is 0 Å². The van der Waals surface area contributed by atoms with Crippen LogP contribution in [0.4, 0.5) is 0 Å². The van der Waals surface area contributed by atoms with E-state index in [4.69, 9.17) is 16.2 Å². The normalized spacial score (nSPS) is 12.1. The van der Waals surface area contributed by atoms with E-state index in [2.05, 4.69) is 9.97 Å². The number of nitrogens with two attached hydrogens (primary N) is 2. The van der Waals surface area contributed by atoms with Crippen molar-refractivity contribution in [3.8, 4) is 5.75 Å². The third kappa shape index (κ3) is 3.29. The summed E-state index contributed by atoms with van der Waals surface area (Å²) in [6.45, 7) is 0.446. The van der Waals surface area contributed by atoms with E-state index in [1.165, 1.54) is 6.33 Å². The molecule has 1 unspecified atom stereocenters. The molecule has 3 rings (SSSR count). The van der Waals surface area contributed by atoms with E-state index in [0.29, 0.717) is 24.0 Å². The number of nitrogens with zero attached hydrogens (tertiary/aromatic N) is 2. The van der Waals surface area contributed by atoms with Crippen LogP contribution in [0.15, 0.2) is 48.8 Å². The zero-order valence-electron chi connectivity index (χ0n) is 14.0. The zero-order chi connectivity index (χ0) is 17.8. The first-order chi connectivity index (χ1) is 12.2. The molecular formula is C19H20N4O2. The predicted octanol–water partition coefficient (Wildman–Crippen LogP) is 2.02. The number of carbonyl (C=O) groups is 1. The Morgan fingerprint density at radius 3 is 2.68 bits per heavy atom. The molecule has 4 N–H and O–H groups in total. The molecule has 0 bridgehead atoms. The van der Waals surface area contributed by atoms with Gasteiger partial charge in [0.25, 0.3) is 5.91 Å². The van der Waals surface area contributed by atoms with E-state index < -0.39 is 5.91 Å². The Labute approximate surface area is 145 Å². The molecule has 0 spiro atoms. The Hall–Kier alpha value is -2.99. The topological polar surface area (TPSA) is 104 Å². The lowest BCUT2D eigenvalue weighted by molar-refractivity contribution is 0.100. The third-order valence-electron chi connectivity index (χ3n) is 4.32. The summed E-state index contributed by atoms with van der Waals surface area (Å²) < 4.78 is 5.45. The fraction of sp³-hybridized carbons (Fsp3) is 0.211. The van der Waals surface area contributed by atoms with Crippen molar-refractivity contribution in [3.05, 3.63) is 65.6 Å². The van der Waals surface area contributed by atoms with Crippen molar-refractivity contribution in [1.82, 2.24) is 9.97 Å². The van der Waals surface area contributed by atoms with Gasteiger partial charge in [0.15, 0.2) is 0 Å². The van der Waals surface area contributed by atoms with Crippen LogP contribution in [0.2, 0.25) is 0 Å². The molecule has 3 aromatic rings. The van der Waals surface area contributed by atoms with Gasteiger partial charge in [0.05, 0.1) is 23.9 Å². The summed E-state index contributed by atoms with van der Waals surface area (Å²) in [5.74, 6) is 0.330. The van der Waals surface area contributed by atoms with Crippen molar-refractivity contribution < 1.29 is 9.53 Å². The van der Waals surface area contributed by atoms with Gasteiger partial charge in [-0.2, -0.15) is 0 Å². The molecule has 1 heterocycles. The van der Waals surface area contributed by atoms with E-state index >= 15 is 0 Å². The minimum atomic E-state index is -0.504. The van der Waals surface area contributed by atoms with Gasteiger partial charge in [-0.15, -0.1) is 0 Å². The summed E-state index contributed by atoms with van der Waals surface area (Å²) in [5, 5.41) is 0.812. The first-order valence-electron chi connectivity index (χ1n) is 8.01. The summed E-state index contributed by atoms with van der Waals surface area (Å²) >= 11 is 0. The summed E-state index contributed by atoms with van der Waals surface area (Å²) in [6.07, 6.45) is 2.07. The summed E-state index contributed by atoms with van der Waals surface area (Å²) in [4.78, 5) is 20.3. The van der Waals surface area contributed by atoms with E-state index in [0.717, 1.165) is 22.4 Å². The lowest BCUT2D eigenvalue weighted by Crippen LogP contribution is -2.17. The Morgan fingerprint density at radius 1 is 1.16 bits per heavy atom. The number of aromatic nitrogens is 2. The van der Waals surface area contributed by atoms with Gasteiger partial charge in [0.1, 0.15) is 12.1 Å². The smallest absolute Gasteiger partial charge is 0.250 e. The standard InChI is InChI=1S/C19H20N4O2/c1-25-17-8-3-2-5-13(17)12(10-20)9-16-14-6-4-7-15(19(21)24)18(14)23-11-22-16/h2-8,11-12H,9-10,20H2,1H3,(H2,21,24). The number of methoxy groups -OCH3 is 1. The van der Waals surface area contributed by atoms with E-state index in [1.54, 1.807) is 19.2 Å². The molecule has 0 saturated heterocycles. The van der Waals surface area contributed by atoms with Gasteiger partial charge in [0.2, 0.25) is 0 Å². The molecular weight excluding hydrogens is 316 g/mol. The minimum Gasteiger partial charge on any atom is -0.496 e. The molecule has 0 saturated carbocycles. The molecule has 1 atom stereocenters. The molecule has 1 aromatic heterocycles. The highest BCUT2D eigenvalue weighted by Gasteiger charge is 2.18. The maximum Gasteiger partial charge on any atom is 0.250 e. The molecule has 2 aromatic carbocycles. The van der Waals surface area contributed by atoms with Gasteiger partial charge in [-0.1, -0.05) is 30.3 Å². The molecule has 0 aliphatic heterocycles. The molecule has 1 amide bonds. The van der Waals surface area contributed by atoms with Gasteiger partial charge in [-0.3, -0.25) is 4.79 Å². The average Bonchev–Trinajstić information content (AvgIpc) is 2.65. The molecule has 6 heteroatoms. The van der Waals surface area contributed by atoms with E-state index in [1.807, 2.05) is 30.3 Å². The van der Waals surface area contributed by atoms with E-state index in [9.17, 15) is 4.79 Å². The van der Waals surface area contributed by atoms with Crippen LogP contribution < -0.4 is 16.2 Å². The van der Waals surface area contributed by atoms with Gasteiger partial charge in [-0.05, 0) is 30.7 Å². The van der Waals surface area contributed by atoms with Gasteiger partial charge >= 0.3 is 0 Å². The number of amides is 1. The van der Waals surface area contributed by atoms with Crippen LogP contribution in [-0.4, -0.2) is 29.5 Å². The van der Waals surface area contributed by atoms with Gasteiger partial charge in [-0.25, -0.2) is 9.97 Å². The van der Waals surface area contributed by atoms with Crippen molar-refractivity contribution >= 4 is 16.8 Å². The minimum absolute atomic E-state index is 0.0338. The SMILES string of the molecule is COc1ccccc1C(CN)Cc1ncnc2c(C(N)=O)cccc12. The average molecular weight is 336 g/mol. The molecule has 128 valence electrons. The molecule has 0 aliphatic carbocycles. The number of rotatable bonds is 6. The Morgan fingerprint density at radius 2 is 1.96 bits per heavy atom. The van der Waals surface area contributed by atoms with Crippen LogP contribution in [-0.2, 0) is 6.42 Å². The van der Waals surface area contributed by atoms with Crippen LogP contribution in [0.25, 0.3) is 10.9 Å². The second kappa shape index (κ2) is 7.27.